The molecule has 0 saturated heterocycles. The second-order valence-electron chi connectivity index (χ2n) is 12.0. The summed E-state index contributed by atoms with van der Waals surface area (Å²) in [5, 5.41) is 14.3. The summed E-state index contributed by atoms with van der Waals surface area (Å²) in [5.41, 5.74) is 12.7. The van der Waals surface area contributed by atoms with Gasteiger partial charge in [-0.3, -0.25) is 4.98 Å². The molecule has 2 aliphatic heterocycles. The predicted molar refractivity (Wildman–Crippen MR) is 197 cm³/mol. The van der Waals surface area contributed by atoms with Gasteiger partial charge in [0.1, 0.15) is 0 Å². The van der Waals surface area contributed by atoms with Gasteiger partial charge in [-0.25, -0.2) is 0 Å². The third-order valence-electron chi connectivity index (χ3n) is 9.22. The number of nitrogens with zero attached hydrogens (tertiary/aromatic N) is 4. The van der Waals surface area contributed by atoms with Gasteiger partial charge in [0, 0.05) is 34.2 Å². The number of fused-ring (bicyclic) bond motifs is 5. The molecule has 224 valence electrons. The molecule has 4 nitrogen and oxygen atoms in total. The summed E-state index contributed by atoms with van der Waals surface area (Å²) in [7, 11) is 0. The Kier molecular flexibility index (Phi) is 6.57. The molecule has 9 rings (SSSR count). The lowest BCUT2D eigenvalue weighted by molar-refractivity contribution is 1.18. The first kappa shape index (κ1) is 27.2. The Morgan fingerprint density at radius 2 is 1.47 bits per heavy atom. The van der Waals surface area contributed by atoms with Crippen LogP contribution in [0.1, 0.15) is 16.7 Å². The van der Waals surface area contributed by atoms with Crippen molar-refractivity contribution in [1.29, 1.82) is 0 Å². The van der Waals surface area contributed by atoms with E-state index in [1.165, 1.54) is 54.8 Å². The number of benzene rings is 5. The number of rotatable bonds is 5. The van der Waals surface area contributed by atoms with E-state index in [9.17, 15) is 0 Å². The molecule has 4 heterocycles. The van der Waals surface area contributed by atoms with Crippen molar-refractivity contribution in [2.75, 3.05) is 13.1 Å². The van der Waals surface area contributed by atoms with Crippen molar-refractivity contribution in [3.63, 3.8) is 0 Å². The van der Waals surface area contributed by atoms with Crippen LogP contribution >= 0.6 is 0 Å². The van der Waals surface area contributed by atoms with Gasteiger partial charge < -0.3 is 15.2 Å². The van der Waals surface area contributed by atoms with Gasteiger partial charge in [0.25, 0.3) is 0 Å². The highest BCUT2D eigenvalue weighted by Crippen LogP contribution is 2.40. The molecule has 2 aliphatic rings. The molecule has 47 heavy (non-hydrogen) atoms. The zero-order chi connectivity index (χ0) is 31.2. The summed E-state index contributed by atoms with van der Waals surface area (Å²) in [6.45, 7) is 1.39. The normalized spacial score (nSPS) is 14.4. The fourth-order valence-electron chi connectivity index (χ4n) is 6.88. The molecular formula is C43H30N4-2. The number of pyridine rings is 1. The lowest BCUT2D eigenvalue weighted by atomic mass is 9.96. The van der Waals surface area contributed by atoms with Gasteiger partial charge in [0.15, 0.2) is 0 Å². The van der Waals surface area contributed by atoms with Crippen molar-refractivity contribution in [2.24, 2.45) is 0 Å². The maximum Gasteiger partial charge on any atom is 0.0619 e. The molecule has 0 atom stereocenters. The number of para-hydroxylation sites is 1. The van der Waals surface area contributed by atoms with Gasteiger partial charge in [-0.05, 0) is 69.1 Å². The van der Waals surface area contributed by atoms with Crippen LogP contribution in [0.5, 0.6) is 0 Å². The highest BCUT2D eigenvalue weighted by atomic mass is 15.0. The van der Waals surface area contributed by atoms with E-state index in [-0.39, 0.29) is 0 Å². The Balaban J connectivity index is 1.18. The zero-order valence-corrected chi connectivity index (χ0v) is 25.7. The molecule has 0 N–H and O–H groups in total. The maximum absolute atomic E-state index is 4.72. The number of aromatic nitrogens is 2. The summed E-state index contributed by atoms with van der Waals surface area (Å²) in [5.74, 6) is 0. The van der Waals surface area contributed by atoms with E-state index in [0.29, 0.717) is 6.54 Å². The smallest absolute Gasteiger partial charge is 0.0619 e. The Morgan fingerprint density at radius 3 is 2.30 bits per heavy atom. The molecule has 2 aromatic heterocycles. The minimum absolute atomic E-state index is 0.650. The Morgan fingerprint density at radius 1 is 0.660 bits per heavy atom. The average Bonchev–Trinajstić information content (AvgIpc) is 3.50. The van der Waals surface area contributed by atoms with Crippen molar-refractivity contribution in [3.05, 3.63) is 185 Å². The molecular weight excluding hydrogens is 573 g/mol. The van der Waals surface area contributed by atoms with Crippen LogP contribution in [-0.4, -0.2) is 22.6 Å². The molecule has 0 spiro atoms. The van der Waals surface area contributed by atoms with Crippen molar-refractivity contribution in [3.8, 4) is 16.8 Å². The predicted octanol–water partition coefficient (Wildman–Crippen LogP) is 11.1. The molecule has 0 amide bonds. The molecule has 4 heteroatoms. The van der Waals surface area contributed by atoms with Crippen LogP contribution in [0.25, 0.3) is 76.9 Å². The van der Waals surface area contributed by atoms with Crippen LogP contribution in [0, 0.1) is 0 Å². The number of hydrogen-bond donors (Lipinski definition) is 0. The van der Waals surface area contributed by atoms with Crippen LogP contribution in [0.4, 0.5) is 0 Å². The molecule has 0 radical (unpaired) electrons. The second-order valence-corrected chi connectivity index (χ2v) is 12.0. The third-order valence-corrected chi connectivity index (χ3v) is 9.22. The van der Waals surface area contributed by atoms with E-state index in [2.05, 4.69) is 148 Å². The standard InChI is InChI=1S/C43H30N4/c1-2-8-37(9-3-1)47-42-25-32(35-24-36(28-45-27-35)34-7-6-21-44-26-34)16-19-39(42)40-20-17-33-23-31(15-18-38(33)43(40)47)29-11-13-30(14-12-29)41-10-4-5-22-46-41/h1-21,23-26,28H,22,27H2/q-2. The Hall–Kier alpha value is -6.13. The van der Waals surface area contributed by atoms with Crippen LogP contribution in [0.15, 0.2) is 158 Å². The van der Waals surface area contributed by atoms with Gasteiger partial charge in [0.2, 0.25) is 0 Å². The van der Waals surface area contributed by atoms with Crippen LogP contribution in [-0.2, 0) is 0 Å². The Bertz CT molecular complexity index is 2430. The third kappa shape index (κ3) is 4.82. The maximum atomic E-state index is 4.72. The van der Waals surface area contributed by atoms with E-state index < -0.39 is 0 Å². The van der Waals surface area contributed by atoms with Crippen molar-refractivity contribution < 1.29 is 0 Å². The SMILES string of the molecule is C1=CC[N-]C(c2ccc(-c3ccc4c(ccc5c6ccc(C7=CC(c8cccnc8)=C[N-]C7)cc6n(-c6ccccc6)c45)c3)cc2)=C1. The van der Waals surface area contributed by atoms with Gasteiger partial charge in [-0.2, -0.15) is 6.20 Å². The largest absolute Gasteiger partial charge is 0.686 e. The van der Waals surface area contributed by atoms with Gasteiger partial charge >= 0.3 is 0 Å². The first-order chi connectivity index (χ1) is 23.3. The topological polar surface area (TPSA) is 46.0 Å². The van der Waals surface area contributed by atoms with Gasteiger partial charge in [0.05, 0.1) is 11.0 Å². The molecule has 0 saturated carbocycles. The van der Waals surface area contributed by atoms with Gasteiger partial charge in [-0.15, -0.1) is 24.9 Å². The molecule has 0 bridgehead atoms. The highest BCUT2D eigenvalue weighted by Gasteiger charge is 2.17. The van der Waals surface area contributed by atoms with E-state index in [0.717, 1.165) is 34.6 Å². The van der Waals surface area contributed by atoms with Crippen molar-refractivity contribution in [2.45, 2.75) is 0 Å². The lowest BCUT2D eigenvalue weighted by Crippen LogP contribution is -1.98. The summed E-state index contributed by atoms with van der Waals surface area (Å²) in [6, 6.07) is 41.8. The highest BCUT2D eigenvalue weighted by molar-refractivity contribution is 6.19. The summed E-state index contributed by atoms with van der Waals surface area (Å²) < 4.78 is 2.43. The number of allylic oxidation sites excluding steroid dienone is 4. The van der Waals surface area contributed by atoms with E-state index in [4.69, 9.17) is 5.32 Å². The summed E-state index contributed by atoms with van der Waals surface area (Å²) in [6.07, 6.45) is 14.1. The Labute approximate surface area is 273 Å². The molecule has 7 aromatic rings. The summed E-state index contributed by atoms with van der Waals surface area (Å²) >= 11 is 0. The number of hydrogen-bond acceptors (Lipinski definition) is 1. The molecule has 0 aliphatic carbocycles. The summed E-state index contributed by atoms with van der Waals surface area (Å²) in [4.78, 5) is 4.31. The monoisotopic (exact) mass is 602 g/mol. The quantitative estimate of drug-likeness (QED) is 0.193. The van der Waals surface area contributed by atoms with E-state index >= 15 is 0 Å². The first-order valence-corrected chi connectivity index (χ1v) is 16.0. The molecule has 0 unspecified atom stereocenters. The fourth-order valence-corrected chi connectivity index (χ4v) is 6.88. The molecule has 5 aromatic carbocycles. The average molecular weight is 603 g/mol. The lowest BCUT2D eigenvalue weighted by Gasteiger charge is -2.26. The van der Waals surface area contributed by atoms with E-state index in [1.807, 2.05) is 18.5 Å². The van der Waals surface area contributed by atoms with Crippen molar-refractivity contribution in [1.82, 2.24) is 9.55 Å². The molecule has 0 fully saturated rings. The minimum atomic E-state index is 0.650. The zero-order valence-electron chi connectivity index (χ0n) is 25.7. The minimum Gasteiger partial charge on any atom is -0.686 e. The fraction of sp³-hybridized carbons (Fsp3) is 0.0465. The van der Waals surface area contributed by atoms with Gasteiger partial charge in [-0.1, -0.05) is 109 Å². The van der Waals surface area contributed by atoms with Crippen LogP contribution in [0.3, 0.4) is 0 Å². The van der Waals surface area contributed by atoms with Crippen molar-refractivity contribution >= 4 is 49.4 Å². The van der Waals surface area contributed by atoms with E-state index in [1.54, 1.807) is 6.20 Å². The second kappa shape index (κ2) is 11.3. The first-order valence-electron chi connectivity index (χ1n) is 16.0. The van der Waals surface area contributed by atoms with Crippen LogP contribution in [0.2, 0.25) is 0 Å². The van der Waals surface area contributed by atoms with Crippen LogP contribution < -0.4 is 0 Å².